The number of fused-ring (bicyclic) bond motifs is 1. The number of benzene rings is 1. The Bertz CT molecular complexity index is 682. The second kappa shape index (κ2) is 5.16. The minimum absolute atomic E-state index is 0.172. The van der Waals surface area contributed by atoms with Crippen LogP contribution in [0, 0.1) is 24.7 Å². The number of nitrogens with one attached hydrogen (secondary N) is 2. The Morgan fingerprint density at radius 2 is 2.00 bits per heavy atom. The molecule has 2 saturated carbocycles. The molecular formula is C17H19N3O2. The van der Waals surface area contributed by atoms with Gasteiger partial charge in [-0.05, 0) is 55.9 Å². The van der Waals surface area contributed by atoms with Crippen LogP contribution in [0.2, 0.25) is 0 Å². The SMILES string of the molecule is Cc1cc(Oc2ccc(NC(=O)C3[C@H]4CCC[C@@H]34)cc2)n[nH]1. The highest BCUT2D eigenvalue weighted by atomic mass is 16.5. The summed E-state index contributed by atoms with van der Waals surface area (Å²) in [6.45, 7) is 1.92. The normalized spacial score (nSPS) is 25.6. The Hall–Kier alpha value is -2.30. The van der Waals surface area contributed by atoms with Gasteiger partial charge >= 0.3 is 0 Å². The molecule has 5 heteroatoms. The van der Waals surface area contributed by atoms with E-state index in [1.807, 2.05) is 37.3 Å². The Labute approximate surface area is 129 Å². The molecule has 3 atom stereocenters. The van der Waals surface area contributed by atoms with Gasteiger partial charge in [-0.15, -0.1) is 5.10 Å². The van der Waals surface area contributed by atoms with Crippen LogP contribution in [0.1, 0.15) is 25.0 Å². The minimum Gasteiger partial charge on any atom is -0.438 e. The topological polar surface area (TPSA) is 67.0 Å². The van der Waals surface area contributed by atoms with E-state index in [2.05, 4.69) is 15.5 Å². The van der Waals surface area contributed by atoms with E-state index in [0.29, 0.717) is 23.5 Å². The van der Waals surface area contributed by atoms with Crippen LogP contribution in [-0.4, -0.2) is 16.1 Å². The van der Waals surface area contributed by atoms with Crippen LogP contribution in [0.25, 0.3) is 0 Å². The molecule has 0 aliphatic heterocycles. The lowest BCUT2D eigenvalue weighted by Crippen LogP contribution is -2.16. The van der Waals surface area contributed by atoms with Crippen molar-refractivity contribution in [1.29, 1.82) is 0 Å². The van der Waals surface area contributed by atoms with Gasteiger partial charge in [0.2, 0.25) is 11.8 Å². The van der Waals surface area contributed by atoms with Crippen molar-refractivity contribution in [2.45, 2.75) is 26.2 Å². The van der Waals surface area contributed by atoms with Crippen molar-refractivity contribution in [3.63, 3.8) is 0 Å². The van der Waals surface area contributed by atoms with Crippen molar-refractivity contribution >= 4 is 11.6 Å². The molecule has 2 N–H and O–H groups in total. The van der Waals surface area contributed by atoms with E-state index < -0.39 is 0 Å². The van der Waals surface area contributed by atoms with Crippen LogP contribution in [0.5, 0.6) is 11.6 Å². The average Bonchev–Trinajstić information content (AvgIpc) is 2.84. The molecule has 2 aliphatic rings. The van der Waals surface area contributed by atoms with Crippen molar-refractivity contribution in [3.05, 3.63) is 36.0 Å². The van der Waals surface area contributed by atoms with Crippen LogP contribution in [0.4, 0.5) is 5.69 Å². The van der Waals surface area contributed by atoms with Gasteiger partial charge in [0, 0.05) is 23.4 Å². The number of amides is 1. The molecule has 2 aromatic rings. The van der Waals surface area contributed by atoms with E-state index >= 15 is 0 Å². The zero-order valence-corrected chi connectivity index (χ0v) is 12.5. The van der Waals surface area contributed by atoms with Gasteiger partial charge < -0.3 is 10.1 Å². The monoisotopic (exact) mass is 297 g/mol. The molecule has 2 fully saturated rings. The summed E-state index contributed by atoms with van der Waals surface area (Å²) in [6.07, 6.45) is 3.73. The molecule has 1 aromatic carbocycles. The van der Waals surface area contributed by atoms with Crippen molar-refractivity contribution in [3.8, 4) is 11.6 Å². The fourth-order valence-corrected chi connectivity index (χ4v) is 3.61. The van der Waals surface area contributed by atoms with Crippen molar-refractivity contribution in [2.24, 2.45) is 17.8 Å². The fourth-order valence-electron chi connectivity index (χ4n) is 3.61. The highest BCUT2D eigenvalue weighted by Gasteiger charge is 2.56. The molecule has 5 nitrogen and oxygen atoms in total. The lowest BCUT2D eigenvalue weighted by atomic mass is 10.1. The van der Waals surface area contributed by atoms with Crippen molar-refractivity contribution in [2.75, 3.05) is 5.32 Å². The Kier molecular flexibility index (Phi) is 3.13. The fraction of sp³-hybridized carbons (Fsp3) is 0.412. The third kappa shape index (κ3) is 2.47. The van der Waals surface area contributed by atoms with Gasteiger partial charge in [-0.3, -0.25) is 9.89 Å². The summed E-state index contributed by atoms with van der Waals surface area (Å²) >= 11 is 0. The smallest absolute Gasteiger partial charge is 0.238 e. The second-order valence-corrected chi connectivity index (χ2v) is 6.29. The van der Waals surface area contributed by atoms with Crippen LogP contribution < -0.4 is 10.1 Å². The molecule has 1 unspecified atom stereocenters. The quantitative estimate of drug-likeness (QED) is 0.907. The molecule has 1 amide bonds. The first kappa shape index (κ1) is 13.4. The minimum atomic E-state index is 0.172. The molecule has 1 heterocycles. The lowest BCUT2D eigenvalue weighted by molar-refractivity contribution is -0.118. The number of ether oxygens (including phenoxy) is 1. The van der Waals surface area contributed by atoms with E-state index in [4.69, 9.17) is 4.74 Å². The van der Waals surface area contributed by atoms with E-state index in [9.17, 15) is 4.79 Å². The van der Waals surface area contributed by atoms with Crippen LogP contribution >= 0.6 is 0 Å². The third-order valence-electron chi connectivity index (χ3n) is 4.74. The van der Waals surface area contributed by atoms with E-state index in [1.165, 1.54) is 19.3 Å². The molecule has 1 aromatic heterocycles. The summed E-state index contributed by atoms with van der Waals surface area (Å²) in [6, 6.07) is 9.25. The summed E-state index contributed by atoms with van der Waals surface area (Å²) in [5, 5.41) is 9.87. The number of carbonyl (C=O) groups excluding carboxylic acids is 1. The molecular weight excluding hydrogens is 278 g/mol. The van der Waals surface area contributed by atoms with Gasteiger partial charge in [0.1, 0.15) is 5.75 Å². The largest absolute Gasteiger partial charge is 0.438 e. The molecule has 22 heavy (non-hydrogen) atoms. The molecule has 114 valence electrons. The van der Waals surface area contributed by atoms with E-state index in [0.717, 1.165) is 11.4 Å². The number of nitrogens with zero attached hydrogens (tertiary/aromatic N) is 1. The molecule has 0 bridgehead atoms. The number of aromatic nitrogens is 2. The standard InChI is InChI=1S/C17H19N3O2/c1-10-9-15(20-19-10)22-12-7-5-11(6-8-12)18-17(21)16-13-3-2-4-14(13)16/h5-9,13-14,16H,2-4H2,1H3,(H,18,21)(H,19,20)/t13-,14+,16?. The third-order valence-corrected chi connectivity index (χ3v) is 4.74. The summed E-state index contributed by atoms with van der Waals surface area (Å²) in [5.41, 5.74) is 1.77. The number of carbonyl (C=O) groups is 1. The molecule has 0 saturated heterocycles. The zero-order valence-electron chi connectivity index (χ0n) is 12.5. The van der Waals surface area contributed by atoms with Crippen LogP contribution in [0.3, 0.4) is 0 Å². The number of hydrogen-bond donors (Lipinski definition) is 2. The Morgan fingerprint density at radius 1 is 1.27 bits per heavy atom. The van der Waals surface area contributed by atoms with Gasteiger partial charge in [0.15, 0.2) is 0 Å². The molecule has 0 spiro atoms. The predicted molar refractivity (Wildman–Crippen MR) is 82.8 cm³/mol. The van der Waals surface area contributed by atoms with Crippen LogP contribution in [0.15, 0.2) is 30.3 Å². The first-order valence-electron chi connectivity index (χ1n) is 7.81. The first-order chi connectivity index (χ1) is 10.7. The molecule has 4 rings (SSSR count). The van der Waals surface area contributed by atoms with Gasteiger partial charge in [0.05, 0.1) is 0 Å². The van der Waals surface area contributed by atoms with Crippen molar-refractivity contribution in [1.82, 2.24) is 10.2 Å². The number of H-pyrrole nitrogens is 1. The van der Waals surface area contributed by atoms with Gasteiger partial charge in [-0.25, -0.2) is 0 Å². The lowest BCUT2D eigenvalue weighted by Gasteiger charge is -2.07. The number of hydrogen-bond acceptors (Lipinski definition) is 3. The Balaban J connectivity index is 1.36. The second-order valence-electron chi connectivity index (χ2n) is 6.29. The van der Waals surface area contributed by atoms with Crippen molar-refractivity contribution < 1.29 is 9.53 Å². The predicted octanol–water partition coefficient (Wildman–Crippen LogP) is 3.50. The maximum atomic E-state index is 12.2. The number of anilines is 1. The molecule has 2 aliphatic carbocycles. The summed E-state index contributed by atoms with van der Waals surface area (Å²) in [5.74, 6) is 2.95. The van der Waals surface area contributed by atoms with Crippen LogP contribution in [-0.2, 0) is 4.79 Å². The maximum Gasteiger partial charge on any atom is 0.238 e. The van der Waals surface area contributed by atoms with Gasteiger partial charge in [0.25, 0.3) is 0 Å². The Morgan fingerprint density at radius 3 is 2.64 bits per heavy atom. The first-order valence-corrected chi connectivity index (χ1v) is 7.81. The highest BCUT2D eigenvalue weighted by molar-refractivity contribution is 5.95. The van der Waals surface area contributed by atoms with Gasteiger partial charge in [-0.1, -0.05) is 6.42 Å². The van der Waals surface area contributed by atoms with Gasteiger partial charge in [-0.2, -0.15) is 0 Å². The summed E-state index contributed by atoms with van der Waals surface area (Å²) < 4.78 is 5.62. The maximum absolute atomic E-state index is 12.2. The van der Waals surface area contributed by atoms with E-state index in [1.54, 1.807) is 0 Å². The van der Waals surface area contributed by atoms with E-state index in [-0.39, 0.29) is 11.8 Å². The average molecular weight is 297 g/mol. The highest BCUT2D eigenvalue weighted by Crippen LogP contribution is 2.57. The number of rotatable bonds is 4. The number of aromatic amines is 1. The summed E-state index contributed by atoms with van der Waals surface area (Å²) in [7, 11) is 0. The summed E-state index contributed by atoms with van der Waals surface area (Å²) in [4.78, 5) is 12.2. The zero-order chi connectivity index (χ0) is 15.1. The molecule has 0 radical (unpaired) electrons. The number of aryl methyl sites for hydroxylation is 1.